The molecule has 3 atom stereocenters. The molecule has 2 aliphatic rings. The van der Waals surface area contributed by atoms with Crippen molar-refractivity contribution >= 4 is 34.0 Å². The van der Waals surface area contributed by atoms with Gasteiger partial charge in [0.15, 0.2) is 0 Å². The van der Waals surface area contributed by atoms with Crippen molar-refractivity contribution in [1.82, 2.24) is 10.3 Å². The van der Waals surface area contributed by atoms with Gasteiger partial charge in [-0.1, -0.05) is 11.6 Å². The zero-order valence-corrected chi connectivity index (χ0v) is 11.9. The van der Waals surface area contributed by atoms with Crippen molar-refractivity contribution in [1.29, 1.82) is 0 Å². The van der Waals surface area contributed by atoms with Crippen molar-refractivity contribution in [3.63, 3.8) is 0 Å². The Bertz CT molecular complexity index is 791. The molecule has 2 fully saturated rings. The lowest BCUT2D eigenvalue weighted by atomic mass is 10.1. The summed E-state index contributed by atoms with van der Waals surface area (Å²) in [4.78, 5) is 26.6. The highest BCUT2D eigenvalue weighted by atomic mass is 35.5. The molecule has 0 bridgehead atoms. The van der Waals surface area contributed by atoms with E-state index in [0.29, 0.717) is 27.9 Å². The fourth-order valence-electron chi connectivity index (χ4n) is 3.33. The second-order valence-electron chi connectivity index (χ2n) is 5.73. The van der Waals surface area contributed by atoms with Gasteiger partial charge in [0, 0.05) is 17.5 Å². The van der Waals surface area contributed by atoms with E-state index in [2.05, 4.69) is 15.6 Å². The topological polar surface area (TPSA) is 74.0 Å². The van der Waals surface area contributed by atoms with Gasteiger partial charge in [0.1, 0.15) is 0 Å². The van der Waals surface area contributed by atoms with E-state index in [0.717, 1.165) is 18.5 Å². The van der Waals surface area contributed by atoms with Crippen molar-refractivity contribution in [3.8, 4) is 0 Å². The Morgan fingerprint density at radius 3 is 2.81 bits per heavy atom. The molecule has 0 unspecified atom stereocenters. The second-order valence-corrected chi connectivity index (χ2v) is 6.13. The predicted molar refractivity (Wildman–Crippen MR) is 81.5 cm³/mol. The van der Waals surface area contributed by atoms with E-state index in [9.17, 15) is 9.59 Å². The zero-order chi connectivity index (χ0) is 14.6. The molecule has 4 rings (SSSR count). The second kappa shape index (κ2) is 4.58. The number of carbonyl (C=O) groups is 1. The maximum absolute atomic E-state index is 12.3. The van der Waals surface area contributed by atoms with Gasteiger partial charge in [-0.25, -0.2) is 0 Å². The predicted octanol–water partition coefficient (Wildman–Crippen LogP) is 1.59. The van der Waals surface area contributed by atoms with Gasteiger partial charge in [0.2, 0.25) is 5.91 Å². The Labute approximate surface area is 125 Å². The smallest absolute Gasteiger partial charge is 0.255 e. The summed E-state index contributed by atoms with van der Waals surface area (Å²) in [5.74, 6) is 1.05. The fraction of sp³-hybridized carbons (Fsp3) is 0.333. The number of hydrogen-bond acceptors (Lipinski definition) is 3. The normalized spacial score (nSPS) is 26.6. The number of piperidine rings is 1. The molecule has 21 heavy (non-hydrogen) atoms. The third-order valence-corrected chi connectivity index (χ3v) is 4.83. The third kappa shape index (κ3) is 2.04. The van der Waals surface area contributed by atoms with Gasteiger partial charge in [0.25, 0.3) is 5.56 Å². The van der Waals surface area contributed by atoms with Crippen LogP contribution in [0.1, 0.15) is 0 Å². The van der Waals surface area contributed by atoms with Crippen LogP contribution in [0.4, 0.5) is 5.69 Å². The molecule has 2 aromatic rings. The number of fused-ring (bicyclic) bond motifs is 2. The van der Waals surface area contributed by atoms with E-state index < -0.39 is 0 Å². The highest BCUT2D eigenvalue weighted by Crippen LogP contribution is 2.49. The number of carbonyl (C=O) groups excluding carboxylic acids is 1. The van der Waals surface area contributed by atoms with E-state index in [1.165, 1.54) is 0 Å². The summed E-state index contributed by atoms with van der Waals surface area (Å²) in [6, 6.07) is 5.14. The molecular weight excluding hydrogens is 290 g/mol. The average molecular weight is 304 g/mol. The molecule has 1 aromatic heterocycles. The van der Waals surface area contributed by atoms with E-state index in [-0.39, 0.29) is 17.4 Å². The number of halogens is 1. The molecule has 5 nitrogen and oxygen atoms in total. The van der Waals surface area contributed by atoms with Crippen LogP contribution in [0.15, 0.2) is 29.2 Å². The Kier molecular flexibility index (Phi) is 2.80. The average Bonchev–Trinajstić information content (AvgIpc) is 2.94. The maximum Gasteiger partial charge on any atom is 0.255 e. The molecule has 1 aliphatic carbocycles. The largest absolute Gasteiger partial charge is 0.329 e. The quantitative estimate of drug-likeness (QED) is 0.788. The standard InChI is InChI=1S/C15H14ClN3O2/c16-11-4-8-7(1-2-18-14(8)20)3-12(11)19-15(21)13-9-5-17-6-10(9)13/h1-4,9-10,13,17H,5-6H2,(H,18,20)(H,19,21)/t9-,10+,13+. The monoisotopic (exact) mass is 303 g/mol. The number of nitrogens with one attached hydrogen (secondary N) is 3. The number of aromatic amines is 1. The summed E-state index contributed by atoms with van der Waals surface area (Å²) in [5, 5.41) is 7.84. The van der Waals surface area contributed by atoms with Crippen molar-refractivity contribution in [2.24, 2.45) is 17.8 Å². The van der Waals surface area contributed by atoms with E-state index in [4.69, 9.17) is 11.6 Å². The molecular formula is C15H14ClN3O2. The summed E-state index contributed by atoms with van der Waals surface area (Å²) < 4.78 is 0. The number of aromatic nitrogens is 1. The van der Waals surface area contributed by atoms with E-state index in [1.807, 2.05) is 0 Å². The summed E-state index contributed by atoms with van der Waals surface area (Å²) in [5.41, 5.74) is 0.382. The first-order valence-corrected chi connectivity index (χ1v) is 7.35. The third-order valence-electron chi connectivity index (χ3n) is 4.51. The molecule has 2 heterocycles. The first-order chi connectivity index (χ1) is 10.1. The molecule has 0 spiro atoms. The number of hydrogen-bond donors (Lipinski definition) is 3. The van der Waals surface area contributed by atoms with Crippen LogP contribution in [0.5, 0.6) is 0 Å². The molecule has 1 saturated heterocycles. The lowest BCUT2D eigenvalue weighted by molar-refractivity contribution is -0.118. The minimum absolute atomic E-state index is 0.0255. The lowest BCUT2D eigenvalue weighted by Crippen LogP contribution is -2.23. The van der Waals surface area contributed by atoms with Crippen LogP contribution in [0, 0.1) is 17.8 Å². The minimum Gasteiger partial charge on any atom is -0.329 e. The van der Waals surface area contributed by atoms with Gasteiger partial charge in [0.05, 0.1) is 10.7 Å². The van der Waals surface area contributed by atoms with Crippen LogP contribution in [-0.2, 0) is 4.79 Å². The Morgan fingerprint density at radius 2 is 2.05 bits per heavy atom. The van der Waals surface area contributed by atoms with Crippen LogP contribution < -0.4 is 16.2 Å². The van der Waals surface area contributed by atoms with E-state index in [1.54, 1.807) is 24.4 Å². The first-order valence-electron chi connectivity index (χ1n) is 6.97. The SMILES string of the molecule is O=C(Nc1cc2cc[nH]c(=O)c2cc1Cl)[C@H]1[C@@H]2CNC[C@@H]21. The summed E-state index contributed by atoms with van der Waals surface area (Å²) in [6.45, 7) is 1.84. The molecule has 3 N–H and O–H groups in total. The molecule has 1 aliphatic heterocycles. The molecule has 1 amide bonds. The summed E-state index contributed by atoms with van der Waals surface area (Å²) in [7, 11) is 0. The van der Waals surface area contributed by atoms with Crippen molar-refractivity contribution in [2.45, 2.75) is 0 Å². The summed E-state index contributed by atoms with van der Waals surface area (Å²) in [6.07, 6.45) is 1.58. The number of anilines is 1. The van der Waals surface area contributed by atoms with Crippen LogP contribution in [0.25, 0.3) is 10.8 Å². The van der Waals surface area contributed by atoms with Gasteiger partial charge in [-0.3, -0.25) is 9.59 Å². The first kappa shape index (κ1) is 12.9. The fourth-order valence-corrected chi connectivity index (χ4v) is 3.54. The number of H-pyrrole nitrogens is 1. The van der Waals surface area contributed by atoms with Crippen molar-refractivity contribution < 1.29 is 4.79 Å². The minimum atomic E-state index is -0.185. The highest BCUT2D eigenvalue weighted by Gasteiger charge is 2.56. The Morgan fingerprint density at radius 1 is 1.29 bits per heavy atom. The number of rotatable bonds is 2. The van der Waals surface area contributed by atoms with Gasteiger partial charge in [-0.05, 0) is 48.5 Å². The number of pyridine rings is 1. The van der Waals surface area contributed by atoms with Gasteiger partial charge in [-0.15, -0.1) is 0 Å². The zero-order valence-electron chi connectivity index (χ0n) is 11.2. The molecule has 1 aromatic carbocycles. The molecule has 108 valence electrons. The summed E-state index contributed by atoms with van der Waals surface area (Å²) >= 11 is 6.19. The van der Waals surface area contributed by atoms with E-state index >= 15 is 0 Å². The maximum atomic E-state index is 12.3. The van der Waals surface area contributed by atoms with Gasteiger partial charge in [-0.2, -0.15) is 0 Å². The molecule has 6 heteroatoms. The molecule has 1 saturated carbocycles. The van der Waals surface area contributed by atoms with Crippen LogP contribution in [0.3, 0.4) is 0 Å². The van der Waals surface area contributed by atoms with Crippen LogP contribution >= 0.6 is 11.6 Å². The molecule has 0 radical (unpaired) electrons. The van der Waals surface area contributed by atoms with Crippen molar-refractivity contribution in [2.75, 3.05) is 18.4 Å². The number of amides is 1. The number of benzene rings is 1. The van der Waals surface area contributed by atoms with Gasteiger partial charge >= 0.3 is 0 Å². The van der Waals surface area contributed by atoms with Crippen molar-refractivity contribution in [3.05, 3.63) is 39.8 Å². The Hall–Kier alpha value is -1.85. The lowest BCUT2D eigenvalue weighted by Gasteiger charge is -2.10. The van der Waals surface area contributed by atoms with Crippen LogP contribution in [-0.4, -0.2) is 24.0 Å². The Balaban J connectivity index is 1.63. The van der Waals surface area contributed by atoms with Crippen LogP contribution in [0.2, 0.25) is 5.02 Å². The highest BCUT2D eigenvalue weighted by molar-refractivity contribution is 6.34. The van der Waals surface area contributed by atoms with Gasteiger partial charge < -0.3 is 15.6 Å².